The molecule has 0 amide bonds. The molecule has 2 saturated carbocycles. The van der Waals surface area contributed by atoms with E-state index in [0.29, 0.717) is 42.8 Å². The number of ether oxygens (including phenoxy) is 1. The zero-order valence-electron chi connectivity index (χ0n) is 20.5. The van der Waals surface area contributed by atoms with E-state index in [1.54, 1.807) is 0 Å². The molecule has 1 atom stereocenters. The number of benzene rings is 2. The van der Waals surface area contributed by atoms with Crippen LogP contribution in [0.3, 0.4) is 0 Å². The SMILES string of the molecule is O=C(CCc1ccccc1)c1ccccc1OCC(O)CN(C1CCCCC1)C1CCCCC1. The Morgan fingerprint density at radius 2 is 1.44 bits per heavy atom. The molecule has 2 aliphatic carbocycles. The van der Waals surface area contributed by atoms with Gasteiger partial charge in [-0.1, -0.05) is 81.0 Å². The zero-order valence-corrected chi connectivity index (χ0v) is 20.5. The molecule has 2 aromatic carbocycles. The minimum Gasteiger partial charge on any atom is -0.490 e. The van der Waals surface area contributed by atoms with E-state index in [-0.39, 0.29) is 12.4 Å². The first-order valence-electron chi connectivity index (χ1n) is 13.4. The Hall–Kier alpha value is -2.17. The van der Waals surface area contributed by atoms with Crippen molar-refractivity contribution in [1.82, 2.24) is 4.90 Å². The number of aliphatic hydroxyl groups is 1. The van der Waals surface area contributed by atoms with Crippen molar-refractivity contribution in [1.29, 1.82) is 0 Å². The van der Waals surface area contributed by atoms with Crippen LogP contribution in [-0.2, 0) is 6.42 Å². The lowest BCUT2D eigenvalue weighted by molar-refractivity contribution is 0.0116. The highest BCUT2D eigenvalue weighted by Gasteiger charge is 2.30. The molecule has 2 fully saturated rings. The summed E-state index contributed by atoms with van der Waals surface area (Å²) in [6.07, 6.45) is 13.5. The van der Waals surface area contributed by atoms with E-state index in [0.717, 1.165) is 5.56 Å². The lowest BCUT2D eigenvalue weighted by Crippen LogP contribution is -2.49. The summed E-state index contributed by atoms with van der Waals surface area (Å²) in [5.41, 5.74) is 1.78. The Balaban J connectivity index is 1.34. The van der Waals surface area contributed by atoms with Gasteiger partial charge in [-0.15, -0.1) is 0 Å². The van der Waals surface area contributed by atoms with Crippen LogP contribution in [0.15, 0.2) is 54.6 Å². The number of rotatable bonds is 11. The van der Waals surface area contributed by atoms with Crippen LogP contribution in [0.25, 0.3) is 0 Å². The summed E-state index contributed by atoms with van der Waals surface area (Å²) in [5, 5.41) is 11.0. The van der Waals surface area contributed by atoms with E-state index in [1.165, 1.54) is 64.2 Å². The van der Waals surface area contributed by atoms with Gasteiger partial charge in [0.15, 0.2) is 5.78 Å². The maximum Gasteiger partial charge on any atom is 0.166 e. The highest BCUT2D eigenvalue weighted by Crippen LogP contribution is 2.30. The molecule has 0 radical (unpaired) electrons. The second-order valence-corrected chi connectivity index (χ2v) is 10.2. The van der Waals surface area contributed by atoms with Gasteiger partial charge in [0.05, 0.1) is 5.56 Å². The van der Waals surface area contributed by atoms with Crippen LogP contribution >= 0.6 is 0 Å². The molecule has 2 aromatic rings. The average Bonchev–Trinajstić information content (AvgIpc) is 2.91. The van der Waals surface area contributed by atoms with Gasteiger partial charge in [-0.05, 0) is 49.8 Å². The van der Waals surface area contributed by atoms with Gasteiger partial charge in [-0.25, -0.2) is 0 Å². The first-order valence-corrected chi connectivity index (χ1v) is 13.4. The smallest absolute Gasteiger partial charge is 0.166 e. The minimum atomic E-state index is -0.559. The number of aliphatic hydroxyl groups excluding tert-OH is 1. The molecule has 34 heavy (non-hydrogen) atoms. The molecule has 0 heterocycles. The molecule has 2 aliphatic rings. The highest BCUT2D eigenvalue weighted by molar-refractivity contribution is 5.98. The molecule has 1 unspecified atom stereocenters. The number of para-hydroxylation sites is 1. The molecule has 1 N–H and O–H groups in total. The van der Waals surface area contributed by atoms with Gasteiger partial charge in [-0.2, -0.15) is 0 Å². The van der Waals surface area contributed by atoms with Gasteiger partial charge in [0.25, 0.3) is 0 Å². The maximum absolute atomic E-state index is 12.9. The number of hydrogen-bond acceptors (Lipinski definition) is 4. The van der Waals surface area contributed by atoms with Crippen molar-refractivity contribution < 1.29 is 14.6 Å². The number of ketones is 1. The molecule has 184 valence electrons. The van der Waals surface area contributed by atoms with E-state index in [9.17, 15) is 9.90 Å². The van der Waals surface area contributed by atoms with Gasteiger partial charge in [0.1, 0.15) is 18.5 Å². The number of Topliss-reactive ketones (excluding diaryl/α,β-unsaturated/α-hetero) is 1. The predicted molar refractivity (Wildman–Crippen MR) is 137 cm³/mol. The molecule has 4 nitrogen and oxygen atoms in total. The Morgan fingerprint density at radius 1 is 0.853 bits per heavy atom. The Morgan fingerprint density at radius 3 is 2.09 bits per heavy atom. The van der Waals surface area contributed by atoms with Crippen molar-refractivity contribution in [2.45, 2.75) is 95.2 Å². The van der Waals surface area contributed by atoms with E-state index in [1.807, 2.05) is 42.5 Å². The molecule has 0 spiro atoms. The van der Waals surface area contributed by atoms with Crippen LogP contribution in [-0.4, -0.2) is 47.1 Å². The first-order chi connectivity index (χ1) is 16.7. The molecule has 0 aromatic heterocycles. The highest BCUT2D eigenvalue weighted by atomic mass is 16.5. The third-order valence-electron chi connectivity index (χ3n) is 7.61. The minimum absolute atomic E-state index is 0.0833. The molecule has 4 heteroatoms. The molecular weight excluding hydrogens is 422 g/mol. The fourth-order valence-corrected chi connectivity index (χ4v) is 5.76. The van der Waals surface area contributed by atoms with Crippen molar-refractivity contribution in [3.63, 3.8) is 0 Å². The van der Waals surface area contributed by atoms with Crippen molar-refractivity contribution >= 4 is 5.78 Å². The second kappa shape index (κ2) is 13.1. The van der Waals surface area contributed by atoms with Crippen LogP contribution in [0.5, 0.6) is 5.75 Å². The number of aryl methyl sites for hydroxylation is 1. The van der Waals surface area contributed by atoms with Crippen LogP contribution in [0, 0.1) is 0 Å². The lowest BCUT2D eigenvalue weighted by Gasteiger charge is -2.42. The summed E-state index contributed by atoms with van der Waals surface area (Å²) >= 11 is 0. The van der Waals surface area contributed by atoms with Crippen LogP contribution in [0.4, 0.5) is 0 Å². The number of carbonyl (C=O) groups is 1. The molecule has 0 aliphatic heterocycles. The Kier molecular flexibility index (Phi) is 9.58. The summed E-state index contributed by atoms with van der Waals surface area (Å²) in [7, 11) is 0. The summed E-state index contributed by atoms with van der Waals surface area (Å²) in [5.74, 6) is 0.668. The van der Waals surface area contributed by atoms with Crippen molar-refractivity contribution in [3.05, 3.63) is 65.7 Å². The number of hydrogen-bond donors (Lipinski definition) is 1. The first kappa shape index (κ1) is 24.9. The summed E-state index contributed by atoms with van der Waals surface area (Å²) < 4.78 is 6.05. The lowest BCUT2D eigenvalue weighted by atomic mass is 9.88. The average molecular weight is 464 g/mol. The van der Waals surface area contributed by atoms with Crippen molar-refractivity contribution in [2.75, 3.05) is 13.2 Å². The Labute approximate surface area is 205 Å². The van der Waals surface area contributed by atoms with Gasteiger partial charge < -0.3 is 9.84 Å². The third kappa shape index (κ3) is 7.16. The fourth-order valence-electron chi connectivity index (χ4n) is 5.76. The normalized spacial score (nSPS) is 18.6. The zero-order chi connectivity index (χ0) is 23.6. The maximum atomic E-state index is 12.9. The van der Waals surface area contributed by atoms with Crippen LogP contribution in [0.2, 0.25) is 0 Å². The van der Waals surface area contributed by atoms with Crippen molar-refractivity contribution in [3.8, 4) is 5.75 Å². The van der Waals surface area contributed by atoms with Crippen molar-refractivity contribution in [2.24, 2.45) is 0 Å². The van der Waals surface area contributed by atoms with Gasteiger partial charge >= 0.3 is 0 Å². The van der Waals surface area contributed by atoms with Gasteiger partial charge in [-0.3, -0.25) is 9.69 Å². The molecular formula is C30H41NO3. The van der Waals surface area contributed by atoms with Gasteiger partial charge in [0, 0.05) is 25.0 Å². The van der Waals surface area contributed by atoms with Gasteiger partial charge in [0.2, 0.25) is 0 Å². The van der Waals surface area contributed by atoms with Crippen LogP contribution in [0.1, 0.15) is 86.6 Å². The number of nitrogens with zero attached hydrogens (tertiary/aromatic N) is 1. The number of carbonyl (C=O) groups excluding carboxylic acids is 1. The van der Waals surface area contributed by atoms with E-state index >= 15 is 0 Å². The summed E-state index contributed by atoms with van der Waals surface area (Å²) in [6.45, 7) is 0.887. The molecule has 0 bridgehead atoms. The summed E-state index contributed by atoms with van der Waals surface area (Å²) in [6, 6.07) is 18.8. The summed E-state index contributed by atoms with van der Waals surface area (Å²) in [4.78, 5) is 15.5. The Bertz CT molecular complexity index is 854. The van der Waals surface area contributed by atoms with E-state index < -0.39 is 6.10 Å². The third-order valence-corrected chi connectivity index (χ3v) is 7.61. The molecule has 4 rings (SSSR count). The molecule has 0 saturated heterocycles. The standard InChI is InChI=1S/C30H41NO3/c32-27(22-31(25-14-6-2-7-15-25)26-16-8-3-9-17-26)23-34-30-19-11-10-18-28(30)29(33)21-20-24-12-4-1-5-13-24/h1,4-5,10-13,18-19,25-27,32H,2-3,6-9,14-17,20-23H2. The topological polar surface area (TPSA) is 49.8 Å². The van der Waals surface area contributed by atoms with E-state index in [4.69, 9.17) is 4.74 Å². The van der Waals surface area contributed by atoms with Crippen LogP contribution < -0.4 is 4.74 Å². The largest absolute Gasteiger partial charge is 0.490 e. The fraction of sp³-hybridized carbons (Fsp3) is 0.567. The monoisotopic (exact) mass is 463 g/mol. The quantitative estimate of drug-likeness (QED) is 0.403. The van der Waals surface area contributed by atoms with E-state index in [2.05, 4.69) is 17.0 Å². The second-order valence-electron chi connectivity index (χ2n) is 10.2. The predicted octanol–water partition coefficient (Wildman–Crippen LogP) is 6.21.